The van der Waals surface area contributed by atoms with Gasteiger partial charge in [-0.05, 0) is 17.7 Å². The van der Waals surface area contributed by atoms with Crippen molar-refractivity contribution >= 4 is 0 Å². The number of hydrogen-bond donors (Lipinski definition) is 0. The van der Waals surface area contributed by atoms with E-state index in [-0.39, 0.29) is 12.2 Å². The molecule has 2 nitrogen and oxygen atoms in total. The second-order valence-corrected chi connectivity index (χ2v) is 4.69. The highest BCUT2D eigenvalue weighted by Gasteiger charge is 2.39. The first-order valence-corrected chi connectivity index (χ1v) is 6.75. The quantitative estimate of drug-likeness (QED) is 0.480. The normalized spacial score (nSPS) is 20.0. The van der Waals surface area contributed by atoms with Gasteiger partial charge in [0.05, 0.1) is 6.61 Å². The minimum Gasteiger partial charge on any atom is -0.366 e. The molecule has 0 spiro atoms. The highest BCUT2D eigenvalue weighted by atomic mass is 16.6. The lowest BCUT2D eigenvalue weighted by atomic mass is 10.1. The van der Waals surface area contributed by atoms with Gasteiger partial charge in [0.25, 0.3) is 0 Å². The van der Waals surface area contributed by atoms with Crippen LogP contribution in [0.2, 0.25) is 0 Å². The van der Waals surface area contributed by atoms with Crippen LogP contribution < -0.4 is 0 Å². The van der Waals surface area contributed by atoms with Crippen LogP contribution in [0.25, 0.3) is 0 Å². The molecule has 1 fully saturated rings. The number of epoxide rings is 1. The molecule has 1 heterocycles. The van der Waals surface area contributed by atoms with Gasteiger partial charge in [-0.1, -0.05) is 60.4 Å². The molecule has 3 rings (SSSR count). The minimum absolute atomic E-state index is 0.177. The predicted molar refractivity (Wildman–Crippen MR) is 78.2 cm³/mol. The van der Waals surface area contributed by atoms with E-state index in [0.29, 0.717) is 13.2 Å². The highest BCUT2D eigenvalue weighted by molar-refractivity contribution is 5.33. The fraction of sp³-hybridized carbons (Fsp3) is 0.222. The van der Waals surface area contributed by atoms with Gasteiger partial charge in [-0.2, -0.15) is 0 Å². The molecule has 0 saturated carbocycles. The van der Waals surface area contributed by atoms with Crippen molar-refractivity contribution in [3.8, 4) is 11.8 Å². The number of hydrogen-bond acceptors (Lipinski definition) is 2. The Bertz CT molecular complexity index is 596. The van der Waals surface area contributed by atoms with Crippen molar-refractivity contribution in [2.24, 2.45) is 0 Å². The lowest BCUT2D eigenvalue weighted by Gasteiger charge is -1.96. The van der Waals surface area contributed by atoms with Crippen LogP contribution in [0.4, 0.5) is 0 Å². The van der Waals surface area contributed by atoms with Crippen molar-refractivity contribution in [3.63, 3.8) is 0 Å². The fourth-order valence-electron chi connectivity index (χ4n) is 2.09. The number of rotatable bonds is 4. The lowest BCUT2D eigenvalue weighted by molar-refractivity contribution is 0.145. The summed E-state index contributed by atoms with van der Waals surface area (Å²) in [6.45, 7) is 1.04. The fourth-order valence-corrected chi connectivity index (χ4v) is 2.09. The van der Waals surface area contributed by atoms with Crippen LogP contribution >= 0.6 is 0 Å². The molecule has 1 saturated heterocycles. The molecular weight excluding hydrogens is 248 g/mol. The second-order valence-electron chi connectivity index (χ2n) is 4.69. The molecule has 2 atom stereocenters. The first-order chi connectivity index (χ1) is 9.93. The van der Waals surface area contributed by atoms with Crippen molar-refractivity contribution < 1.29 is 9.47 Å². The Morgan fingerprint density at radius 2 is 1.65 bits per heavy atom. The van der Waals surface area contributed by atoms with Gasteiger partial charge in [0.15, 0.2) is 0 Å². The van der Waals surface area contributed by atoms with Gasteiger partial charge in [-0.15, -0.1) is 0 Å². The summed E-state index contributed by atoms with van der Waals surface area (Å²) in [5, 5.41) is 0. The van der Waals surface area contributed by atoms with Gasteiger partial charge in [-0.25, -0.2) is 0 Å². The Balaban J connectivity index is 1.39. The molecule has 0 N–H and O–H groups in total. The maximum atomic E-state index is 5.59. The molecule has 100 valence electrons. The molecule has 1 aliphatic rings. The average molecular weight is 264 g/mol. The van der Waals surface area contributed by atoms with Crippen molar-refractivity contribution in [2.45, 2.75) is 12.2 Å². The average Bonchev–Trinajstić information content (AvgIpc) is 3.28. The molecule has 0 aromatic heterocycles. The number of ether oxygens (including phenoxy) is 2. The summed E-state index contributed by atoms with van der Waals surface area (Å²) in [6.07, 6.45) is 0.370. The second kappa shape index (κ2) is 6.38. The molecule has 0 amide bonds. The van der Waals surface area contributed by atoms with Crippen LogP contribution in [0.3, 0.4) is 0 Å². The summed E-state index contributed by atoms with van der Waals surface area (Å²) in [6, 6.07) is 20.2. The smallest absolute Gasteiger partial charge is 0.112 e. The van der Waals surface area contributed by atoms with E-state index < -0.39 is 0 Å². The standard InChI is InChI=1S/C18H16O2/c1-3-8-15(9-4-1)10-7-13-19-14-17-18(20-17)16-11-5-2-6-12-16/h1-6,8-9,11-12,17-18H,13-14H2/t17-,18-/m0/s1. The van der Waals surface area contributed by atoms with Gasteiger partial charge in [0, 0.05) is 5.56 Å². The summed E-state index contributed by atoms with van der Waals surface area (Å²) in [4.78, 5) is 0. The van der Waals surface area contributed by atoms with Crippen LogP contribution in [0, 0.1) is 11.8 Å². The van der Waals surface area contributed by atoms with E-state index in [1.165, 1.54) is 5.56 Å². The Labute approximate surface area is 119 Å². The summed E-state index contributed by atoms with van der Waals surface area (Å²) < 4.78 is 11.1. The van der Waals surface area contributed by atoms with Gasteiger partial charge in [-0.3, -0.25) is 0 Å². The van der Waals surface area contributed by atoms with E-state index in [1.54, 1.807) is 0 Å². The third kappa shape index (κ3) is 3.48. The first kappa shape index (κ1) is 12.9. The summed E-state index contributed by atoms with van der Waals surface area (Å²) >= 11 is 0. The zero-order valence-electron chi connectivity index (χ0n) is 11.2. The number of benzene rings is 2. The Morgan fingerprint density at radius 3 is 2.40 bits per heavy atom. The van der Waals surface area contributed by atoms with E-state index in [4.69, 9.17) is 9.47 Å². The zero-order chi connectivity index (χ0) is 13.6. The van der Waals surface area contributed by atoms with E-state index in [9.17, 15) is 0 Å². The molecular formula is C18H16O2. The van der Waals surface area contributed by atoms with Crippen molar-refractivity contribution in [2.75, 3.05) is 13.2 Å². The predicted octanol–water partition coefficient (Wildman–Crippen LogP) is 3.19. The molecule has 1 aliphatic heterocycles. The van der Waals surface area contributed by atoms with Crippen molar-refractivity contribution in [1.82, 2.24) is 0 Å². The van der Waals surface area contributed by atoms with Crippen LogP contribution in [0.15, 0.2) is 60.7 Å². The molecule has 0 radical (unpaired) electrons. The van der Waals surface area contributed by atoms with Crippen LogP contribution in [-0.2, 0) is 9.47 Å². The third-order valence-electron chi connectivity index (χ3n) is 3.17. The molecule has 0 bridgehead atoms. The Morgan fingerprint density at radius 1 is 0.950 bits per heavy atom. The van der Waals surface area contributed by atoms with Gasteiger partial charge < -0.3 is 9.47 Å². The highest BCUT2D eigenvalue weighted by Crippen LogP contribution is 2.38. The third-order valence-corrected chi connectivity index (χ3v) is 3.17. The first-order valence-electron chi connectivity index (χ1n) is 6.75. The summed E-state index contributed by atoms with van der Waals surface area (Å²) in [7, 11) is 0. The summed E-state index contributed by atoms with van der Waals surface area (Å²) in [5.74, 6) is 6.08. The van der Waals surface area contributed by atoms with Crippen molar-refractivity contribution in [1.29, 1.82) is 0 Å². The minimum atomic E-state index is 0.177. The van der Waals surface area contributed by atoms with Gasteiger partial charge >= 0.3 is 0 Å². The monoisotopic (exact) mass is 264 g/mol. The van der Waals surface area contributed by atoms with E-state index in [2.05, 4.69) is 24.0 Å². The lowest BCUT2D eigenvalue weighted by Crippen LogP contribution is -2.02. The van der Waals surface area contributed by atoms with Crippen LogP contribution in [0.5, 0.6) is 0 Å². The molecule has 20 heavy (non-hydrogen) atoms. The molecule has 0 aliphatic carbocycles. The van der Waals surface area contributed by atoms with Crippen LogP contribution in [0.1, 0.15) is 17.2 Å². The Hall–Kier alpha value is -2.08. The molecule has 2 aromatic rings. The van der Waals surface area contributed by atoms with E-state index in [0.717, 1.165) is 5.56 Å². The maximum Gasteiger partial charge on any atom is 0.112 e. The van der Waals surface area contributed by atoms with Gasteiger partial charge in [0.2, 0.25) is 0 Å². The molecule has 2 heteroatoms. The maximum absolute atomic E-state index is 5.59. The summed E-state index contributed by atoms with van der Waals surface area (Å²) in [5.41, 5.74) is 2.23. The van der Waals surface area contributed by atoms with E-state index in [1.807, 2.05) is 48.5 Å². The van der Waals surface area contributed by atoms with Crippen LogP contribution in [-0.4, -0.2) is 19.3 Å². The topological polar surface area (TPSA) is 21.8 Å². The SMILES string of the molecule is C(#Cc1ccccc1)COC[C@@H]1O[C@H]1c1ccccc1. The van der Waals surface area contributed by atoms with Crippen molar-refractivity contribution in [3.05, 3.63) is 71.8 Å². The molecule has 2 aromatic carbocycles. The van der Waals surface area contributed by atoms with Gasteiger partial charge in [0.1, 0.15) is 18.8 Å². The zero-order valence-corrected chi connectivity index (χ0v) is 11.2. The van der Waals surface area contributed by atoms with E-state index >= 15 is 0 Å². The Kier molecular flexibility index (Phi) is 4.13. The largest absolute Gasteiger partial charge is 0.366 e. The molecule has 0 unspecified atom stereocenters.